The van der Waals surface area contributed by atoms with Gasteiger partial charge >= 0.3 is 0 Å². The van der Waals surface area contributed by atoms with Crippen LogP contribution in [0.2, 0.25) is 0 Å². The van der Waals surface area contributed by atoms with Crippen LogP contribution in [0.25, 0.3) is 16.9 Å². The van der Waals surface area contributed by atoms with Gasteiger partial charge in [-0.3, -0.25) is 4.40 Å². The zero-order chi connectivity index (χ0) is 20.7. The maximum absolute atomic E-state index is 5.02. The summed E-state index contributed by atoms with van der Waals surface area (Å²) < 4.78 is 2.22. The molecule has 148 valence electrons. The Hall–Kier alpha value is -3.27. The van der Waals surface area contributed by atoms with Crippen LogP contribution < -0.4 is 10.2 Å². The minimum absolute atomic E-state index is 0.961. The molecule has 2 aromatic heterocycles. The highest BCUT2D eigenvalue weighted by Gasteiger charge is 2.17. The van der Waals surface area contributed by atoms with Crippen molar-refractivity contribution in [3.8, 4) is 11.3 Å². The van der Waals surface area contributed by atoms with E-state index >= 15 is 0 Å². The average Bonchev–Trinajstić information content (AvgIpc) is 3.03. The van der Waals surface area contributed by atoms with Gasteiger partial charge in [0.05, 0.1) is 0 Å². The first-order valence-electron chi connectivity index (χ1n) is 9.96. The molecule has 0 aliphatic heterocycles. The molecule has 2 aromatic carbocycles. The van der Waals surface area contributed by atoms with Gasteiger partial charge < -0.3 is 10.2 Å². The van der Waals surface area contributed by atoms with Crippen LogP contribution >= 0.6 is 0 Å². The number of hydrogen-bond acceptors (Lipinski definition) is 3. The van der Waals surface area contributed by atoms with E-state index in [-0.39, 0.29) is 0 Å². The predicted octanol–water partition coefficient (Wildman–Crippen LogP) is 6.04. The van der Waals surface area contributed by atoms with Gasteiger partial charge in [-0.15, -0.1) is 0 Å². The average molecular weight is 385 g/mol. The van der Waals surface area contributed by atoms with Gasteiger partial charge in [-0.25, -0.2) is 4.98 Å². The first-order chi connectivity index (χ1) is 13.8. The van der Waals surface area contributed by atoms with Gasteiger partial charge in [0.2, 0.25) is 0 Å². The second-order valence-electron chi connectivity index (χ2n) is 8.01. The Kier molecular flexibility index (Phi) is 4.79. The lowest BCUT2D eigenvalue weighted by Crippen LogP contribution is -2.08. The van der Waals surface area contributed by atoms with Crippen molar-refractivity contribution in [3.63, 3.8) is 0 Å². The van der Waals surface area contributed by atoms with Gasteiger partial charge in [0.1, 0.15) is 17.2 Å². The number of aromatic nitrogens is 2. The third-order valence-electron chi connectivity index (χ3n) is 5.43. The first kappa shape index (κ1) is 19.1. The summed E-state index contributed by atoms with van der Waals surface area (Å²) in [7, 11) is 4.11. The Morgan fingerprint density at radius 2 is 1.52 bits per heavy atom. The summed E-state index contributed by atoms with van der Waals surface area (Å²) in [5.74, 6) is 1.01. The third-order valence-corrected chi connectivity index (χ3v) is 5.43. The molecule has 0 saturated heterocycles. The van der Waals surface area contributed by atoms with Crippen LogP contribution in [0.5, 0.6) is 0 Å². The molecule has 4 rings (SSSR count). The van der Waals surface area contributed by atoms with Gasteiger partial charge in [-0.1, -0.05) is 30.3 Å². The largest absolute Gasteiger partial charge is 0.378 e. The number of nitrogens with one attached hydrogen (secondary N) is 1. The molecule has 0 unspecified atom stereocenters. The van der Waals surface area contributed by atoms with E-state index in [1.165, 1.54) is 22.4 Å². The molecule has 4 aromatic rings. The number of imidazole rings is 1. The van der Waals surface area contributed by atoms with Crippen molar-refractivity contribution in [1.82, 2.24) is 9.38 Å². The van der Waals surface area contributed by atoms with E-state index in [4.69, 9.17) is 4.98 Å². The number of benzene rings is 2. The molecule has 0 amide bonds. The molecular formula is C25H28N4. The lowest BCUT2D eigenvalue weighted by molar-refractivity contribution is 1.08. The molecule has 0 aliphatic rings. The molecule has 1 N–H and O–H groups in total. The topological polar surface area (TPSA) is 32.6 Å². The van der Waals surface area contributed by atoms with Gasteiger partial charge in [0.15, 0.2) is 0 Å². The van der Waals surface area contributed by atoms with E-state index < -0.39 is 0 Å². The van der Waals surface area contributed by atoms with Crippen molar-refractivity contribution in [1.29, 1.82) is 0 Å². The van der Waals surface area contributed by atoms with E-state index in [9.17, 15) is 0 Å². The predicted molar refractivity (Wildman–Crippen MR) is 124 cm³/mol. The fraction of sp³-hybridized carbons (Fsp3) is 0.240. The molecule has 0 aliphatic carbocycles. The Labute approximate surface area is 172 Å². The van der Waals surface area contributed by atoms with E-state index in [1.54, 1.807) is 0 Å². The van der Waals surface area contributed by atoms with Crippen molar-refractivity contribution in [3.05, 3.63) is 77.0 Å². The molecule has 0 atom stereocenters. The second kappa shape index (κ2) is 7.28. The quantitative estimate of drug-likeness (QED) is 0.465. The molecule has 0 radical (unpaired) electrons. The zero-order valence-electron chi connectivity index (χ0n) is 18.0. The van der Waals surface area contributed by atoms with Gasteiger partial charge in [-0.2, -0.15) is 0 Å². The van der Waals surface area contributed by atoms with Crippen molar-refractivity contribution in [2.75, 3.05) is 24.3 Å². The van der Waals surface area contributed by atoms with Crippen LogP contribution in [0.1, 0.15) is 22.4 Å². The van der Waals surface area contributed by atoms with Crippen molar-refractivity contribution in [2.45, 2.75) is 27.7 Å². The fourth-order valence-corrected chi connectivity index (χ4v) is 3.89. The zero-order valence-corrected chi connectivity index (χ0v) is 18.0. The van der Waals surface area contributed by atoms with Crippen molar-refractivity contribution in [2.24, 2.45) is 0 Å². The number of aryl methyl sites for hydroxylation is 4. The molecule has 0 fully saturated rings. The molecule has 2 heterocycles. The van der Waals surface area contributed by atoms with Crippen LogP contribution in [0.15, 0.2) is 54.6 Å². The smallest absolute Gasteiger partial charge is 0.143 e. The highest BCUT2D eigenvalue weighted by Crippen LogP contribution is 2.35. The number of fused-ring (bicyclic) bond motifs is 1. The summed E-state index contributed by atoms with van der Waals surface area (Å²) in [5, 5.41) is 3.72. The molecule has 4 nitrogen and oxygen atoms in total. The summed E-state index contributed by atoms with van der Waals surface area (Å²) in [6, 6.07) is 19.3. The van der Waals surface area contributed by atoms with Crippen LogP contribution in [0.4, 0.5) is 17.2 Å². The van der Waals surface area contributed by atoms with Crippen molar-refractivity contribution >= 4 is 22.8 Å². The number of hydrogen-bond donors (Lipinski definition) is 1. The Bertz CT molecular complexity index is 1160. The Morgan fingerprint density at radius 3 is 2.14 bits per heavy atom. The SMILES string of the molecule is Cc1cc(C)n2c(Nc3c(C)cccc3C)c(-c3ccc(N(C)C)cc3)nc2c1. The standard InChI is InChI=1S/C25H28N4/c1-16-14-19(4)29-22(15-16)26-24(20-10-12-21(13-11-20)28(5)6)25(29)27-23-17(2)8-7-9-18(23)3/h7-15,27H,1-6H3. The summed E-state index contributed by atoms with van der Waals surface area (Å²) >= 11 is 0. The molecule has 0 bridgehead atoms. The minimum Gasteiger partial charge on any atom is -0.378 e. The minimum atomic E-state index is 0.961. The first-order valence-corrected chi connectivity index (χ1v) is 9.96. The highest BCUT2D eigenvalue weighted by atomic mass is 15.1. The molecule has 4 heteroatoms. The number of nitrogens with zero attached hydrogens (tertiary/aromatic N) is 3. The lowest BCUT2D eigenvalue weighted by atomic mass is 10.1. The molecule has 0 spiro atoms. The van der Waals surface area contributed by atoms with E-state index in [0.717, 1.165) is 34.1 Å². The van der Waals surface area contributed by atoms with Crippen LogP contribution in [-0.4, -0.2) is 23.5 Å². The molecular weight excluding hydrogens is 356 g/mol. The fourth-order valence-electron chi connectivity index (χ4n) is 3.89. The summed E-state index contributed by atoms with van der Waals surface area (Å²) in [6.07, 6.45) is 0. The Balaban J connectivity index is 1.94. The summed E-state index contributed by atoms with van der Waals surface area (Å²) in [5.41, 5.74) is 10.2. The van der Waals surface area contributed by atoms with Crippen LogP contribution in [0.3, 0.4) is 0 Å². The number of anilines is 3. The summed E-state index contributed by atoms with van der Waals surface area (Å²) in [4.78, 5) is 7.13. The second-order valence-corrected chi connectivity index (χ2v) is 8.01. The highest BCUT2D eigenvalue weighted by molar-refractivity contribution is 5.82. The maximum atomic E-state index is 5.02. The molecule has 0 saturated carbocycles. The Morgan fingerprint density at radius 1 is 0.862 bits per heavy atom. The van der Waals surface area contributed by atoms with E-state index in [0.29, 0.717) is 0 Å². The van der Waals surface area contributed by atoms with Crippen molar-refractivity contribution < 1.29 is 0 Å². The number of rotatable bonds is 4. The van der Waals surface area contributed by atoms with E-state index in [1.807, 2.05) is 0 Å². The normalized spacial score (nSPS) is 11.1. The molecule has 29 heavy (non-hydrogen) atoms. The van der Waals surface area contributed by atoms with Gasteiger partial charge in [0.25, 0.3) is 0 Å². The van der Waals surface area contributed by atoms with Crippen LogP contribution in [-0.2, 0) is 0 Å². The maximum Gasteiger partial charge on any atom is 0.143 e. The van der Waals surface area contributed by atoms with Gasteiger partial charge in [-0.05, 0) is 68.7 Å². The lowest BCUT2D eigenvalue weighted by Gasteiger charge is -2.16. The number of para-hydroxylation sites is 1. The van der Waals surface area contributed by atoms with Gasteiger partial charge in [0, 0.05) is 36.7 Å². The third kappa shape index (κ3) is 3.46. The van der Waals surface area contributed by atoms with Crippen LogP contribution in [0, 0.1) is 27.7 Å². The van der Waals surface area contributed by atoms with E-state index in [2.05, 4.69) is 111 Å². The monoisotopic (exact) mass is 384 g/mol. The summed E-state index contributed by atoms with van der Waals surface area (Å²) in [6.45, 7) is 8.53. The number of pyridine rings is 1.